The van der Waals surface area contributed by atoms with Gasteiger partial charge in [-0.3, -0.25) is 0 Å². The Morgan fingerprint density at radius 3 is 1.91 bits per heavy atom. The van der Waals surface area contributed by atoms with Gasteiger partial charge in [0.1, 0.15) is 0 Å². The summed E-state index contributed by atoms with van der Waals surface area (Å²) in [7, 11) is -2.71. The molecule has 0 aliphatic rings. The van der Waals surface area contributed by atoms with E-state index in [4.69, 9.17) is 13.3 Å². The number of halogens is 1. The van der Waals surface area contributed by atoms with Crippen molar-refractivity contribution in [2.45, 2.75) is 50.5 Å². The molecule has 0 fully saturated rings. The van der Waals surface area contributed by atoms with E-state index in [-0.39, 0.29) is 5.54 Å². The first-order chi connectivity index (χ1) is 10.5. The minimum absolute atomic E-state index is 0.132. The van der Waals surface area contributed by atoms with Crippen molar-refractivity contribution in [1.29, 1.82) is 0 Å². The van der Waals surface area contributed by atoms with Crippen LogP contribution in [-0.4, -0.2) is 28.6 Å². The fourth-order valence-corrected chi connectivity index (χ4v) is 5.75. The van der Waals surface area contributed by atoms with Crippen molar-refractivity contribution in [3.8, 4) is 0 Å². The van der Waals surface area contributed by atoms with E-state index in [1.54, 1.807) is 0 Å². The Balaban J connectivity index is 3.14. The summed E-state index contributed by atoms with van der Waals surface area (Å²) in [5, 5.41) is 0. The minimum Gasteiger partial charge on any atom is -0.373 e. The zero-order chi connectivity index (χ0) is 16.6. The zero-order valence-corrected chi connectivity index (χ0v) is 17.6. The van der Waals surface area contributed by atoms with Gasteiger partial charge in [0.05, 0.1) is 5.54 Å². The van der Waals surface area contributed by atoms with Crippen LogP contribution in [0.1, 0.15) is 61.6 Å². The molecule has 126 valence electrons. The number of alkyl halides is 1. The lowest BCUT2D eigenvalue weighted by molar-refractivity contribution is 0.0633. The number of benzene rings is 1. The quantitative estimate of drug-likeness (QED) is 0.284. The summed E-state index contributed by atoms with van der Waals surface area (Å²) in [6, 6.07) is 8.77. The van der Waals surface area contributed by atoms with Crippen molar-refractivity contribution in [3.05, 3.63) is 35.4 Å². The van der Waals surface area contributed by atoms with E-state index < -0.39 is 8.80 Å². The SMILES string of the molecule is CCO[Si](OCC)(OCC)C(C)c1cccc(C(I)CC)c1. The summed E-state index contributed by atoms with van der Waals surface area (Å²) in [5.74, 6) is 0. The van der Waals surface area contributed by atoms with Crippen LogP contribution in [0.15, 0.2) is 24.3 Å². The van der Waals surface area contributed by atoms with Gasteiger partial charge in [0.25, 0.3) is 0 Å². The lowest BCUT2D eigenvalue weighted by Crippen LogP contribution is -2.51. The Bertz CT molecular complexity index is 425. The first-order valence-corrected chi connectivity index (χ1v) is 11.2. The molecule has 0 N–H and O–H groups in total. The summed E-state index contributed by atoms with van der Waals surface area (Å²) < 4.78 is 18.7. The topological polar surface area (TPSA) is 27.7 Å². The molecule has 0 aliphatic heterocycles. The lowest BCUT2D eigenvalue weighted by atomic mass is 10.1. The molecule has 0 radical (unpaired) electrons. The van der Waals surface area contributed by atoms with Gasteiger partial charge in [-0.15, -0.1) is 0 Å². The Morgan fingerprint density at radius 2 is 1.45 bits per heavy atom. The van der Waals surface area contributed by atoms with Gasteiger partial charge in [-0.1, -0.05) is 60.7 Å². The molecular formula is C17H29IO3Si. The molecule has 3 nitrogen and oxygen atoms in total. The van der Waals surface area contributed by atoms with Gasteiger partial charge >= 0.3 is 8.80 Å². The first kappa shape index (κ1) is 20.1. The Labute approximate surface area is 150 Å². The van der Waals surface area contributed by atoms with E-state index in [1.807, 2.05) is 20.8 Å². The molecule has 0 aliphatic carbocycles. The number of hydrogen-bond donors (Lipinski definition) is 0. The smallest absolute Gasteiger partial charge is 0.373 e. The van der Waals surface area contributed by atoms with Crippen LogP contribution in [0.2, 0.25) is 0 Å². The highest BCUT2D eigenvalue weighted by atomic mass is 127. The molecular weight excluding hydrogens is 407 g/mol. The van der Waals surface area contributed by atoms with Gasteiger partial charge in [-0.05, 0) is 38.3 Å². The first-order valence-electron chi connectivity index (χ1n) is 8.20. The van der Waals surface area contributed by atoms with Gasteiger partial charge in [-0.2, -0.15) is 0 Å². The Hall–Kier alpha value is 0.0469. The van der Waals surface area contributed by atoms with Crippen LogP contribution < -0.4 is 0 Å². The van der Waals surface area contributed by atoms with Crippen LogP contribution >= 0.6 is 22.6 Å². The molecule has 0 heterocycles. The molecule has 2 atom stereocenters. The molecule has 1 aromatic rings. The zero-order valence-electron chi connectivity index (χ0n) is 14.4. The van der Waals surface area contributed by atoms with Crippen LogP contribution in [0.3, 0.4) is 0 Å². The molecule has 0 aromatic heterocycles. The van der Waals surface area contributed by atoms with Crippen molar-refractivity contribution in [1.82, 2.24) is 0 Å². The second-order valence-corrected chi connectivity index (χ2v) is 9.61. The molecule has 0 amide bonds. The molecule has 2 unspecified atom stereocenters. The second-order valence-electron chi connectivity index (χ2n) is 5.17. The maximum absolute atomic E-state index is 6.05. The van der Waals surface area contributed by atoms with Gasteiger partial charge in [0.15, 0.2) is 0 Å². The largest absolute Gasteiger partial charge is 0.508 e. The second kappa shape index (κ2) is 10.0. The van der Waals surface area contributed by atoms with Crippen molar-refractivity contribution in [3.63, 3.8) is 0 Å². The number of rotatable bonds is 10. The molecule has 0 bridgehead atoms. The monoisotopic (exact) mass is 436 g/mol. The van der Waals surface area contributed by atoms with Gasteiger partial charge < -0.3 is 13.3 Å². The molecule has 0 saturated heterocycles. The fourth-order valence-electron chi connectivity index (χ4n) is 2.57. The van der Waals surface area contributed by atoms with Gasteiger partial charge in [0.2, 0.25) is 0 Å². The van der Waals surface area contributed by atoms with Crippen molar-refractivity contribution < 1.29 is 13.3 Å². The maximum atomic E-state index is 6.05. The highest BCUT2D eigenvalue weighted by Crippen LogP contribution is 2.33. The summed E-state index contributed by atoms with van der Waals surface area (Å²) >= 11 is 2.50. The third-order valence-electron chi connectivity index (χ3n) is 3.70. The van der Waals surface area contributed by atoms with E-state index in [0.29, 0.717) is 23.7 Å². The predicted octanol–water partition coefficient (Wildman–Crippen LogP) is 5.26. The van der Waals surface area contributed by atoms with Gasteiger partial charge in [0, 0.05) is 23.7 Å². The maximum Gasteiger partial charge on any atom is 0.508 e. The van der Waals surface area contributed by atoms with Crippen LogP contribution in [0.25, 0.3) is 0 Å². The van der Waals surface area contributed by atoms with E-state index in [2.05, 4.69) is 60.7 Å². The van der Waals surface area contributed by atoms with E-state index in [0.717, 1.165) is 6.42 Å². The van der Waals surface area contributed by atoms with Crippen LogP contribution in [-0.2, 0) is 13.3 Å². The standard InChI is InChI=1S/C17H29IO3Si/c1-6-17(18)16-12-10-11-15(13-16)14(5)22(19-7-2,20-8-3)21-9-4/h10-14,17H,6-9H2,1-5H3. The summed E-state index contributed by atoms with van der Waals surface area (Å²) in [6.45, 7) is 12.2. The summed E-state index contributed by atoms with van der Waals surface area (Å²) in [6.07, 6.45) is 1.13. The van der Waals surface area contributed by atoms with E-state index in [1.165, 1.54) is 11.1 Å². The van der Waals surface area contributed by atoms with E-state index >= 15 is 0 Å². The third-order valence-corrected chi connectivity index (χ3v) is 8.76. The fraction of sp³-hybridized carbons (Fsp3) is 0.647. The van der Waals surface area contributed by atoms with Crippen molar-refractivity contribution in [2.75, 3.05) is 19.8 Å². The molecule has 0 spiro atoms. The van der Waals surface area contributed by atoms with Gasteiger partial charge in [-0.25, -0.2) is 0 Å². The van der Waals surface area contributed by atoms with Crippen LogP contribution in [0.4, 0.5) is 0 Å². The average molecular weight is 436 g/mol. The molecule has 0 saturated carbocycles. The van der Waals surface area contributed by atoms with Crippen LogP contribution in [0.5, 0.6) is 0 Å². The van der Waals surface area contributed by atoms with E-state index in [9.17, 15) is 0 Å². The normalized spacial score (nSPS) is 14.8. The Morgan fingerprint density at radius 1 is 0.955 bits per heavy atom. The molecule has 22 heavy (non-hydrogen) atoms. The molecule has 1 aromatic carbocycles. The average Bonchev–Trinajstić information content (AvgIpc) is 2.54. The third kappa shape index (κ3) is 5.02. The summed E-state index contributed by atoms with van der Waals surface area (Å²) in [5.41, 5.74) is 2.74. The van der Waals surface area contributed by atoms with Crippen LogP contribution in [0, 0.1) is 0 Å². The molecule has 1 rings (SSSR count). The predicted molar refractivity (Wildman–Crippen MR) is 103 cm³/mol. The van der Waals surface area contributed by atoms with Crippen molar-refractivity contribution >= 4 is 31.4 Å². The minimum atomic E-state index is -2.71. The summed E-state index contributed by atoms with van der Waals surface area (Å²) in [4.78, 5) is 0. The van der Waals surface area contributed by atoms with Crippen molar-refractivity contribution in [2.24, 2.45) is 0 Å². The lowest BCUT2D eigenvalue weighted by Gasteiger charge is -2.33. The highest BCUT2D eigenvalue weighted by molar-refractivity contribution is 14.1. The highest BCUT2D eigenvalue weighted by Gasteiger charge is 2.47. The molecule has 5 heteroatoms. The number of hydrogen-bond acceptors (Lipinski definition) is 3. The Kier molecular flexibility index (Phi) is 9.16.